The summed E-state index contributed by atoms with van der Waals surface area (Å²) in [7, 11) is 0. The zero-order chi connectivity index (χ0) is 14.2. The summed E-state index contributed by atoms with van der Waals surface area (Å²) in [5.41, 5.74) is 5.83. The number of hydrogen-bond donors (Lipinski definition) is 2. The van der Waals surface area contributed by atoms with Gasteiger partial charge in [0.1, 0.15) is 5.69 Å². The van der Waals surface area contributed by atoms with E-state index < -0.39 is 12.4 Å². The number of nitrogens with zero attached hydrogens (tertiary/aromatic N) is 2. The molecular weight excluding hydrogens is 256 g/mol. The molecule has 3 N–H and O–H groups in total. The zero-order valence-corrected chi connectivity index (χ0v) is 10.6. The third-order valence-electron chi connectivity index (χ3n) is 3.77. The Morgan fingerprint density at radius 3 is 2.47 bits per heavy atom. The number of aryl methyl sites for hydroxylation is 1. The molecule has 1 fully saturated rings. The van der Waals surface area contributed by atoms with Gasteiger partial charge in [0.25, 0.3) is 6.43 Å². The monoisotopic (exact) mass is 273 g/mol. The summed E-state index contributed by atoms with van der Waals surface area (Å²) in [6.07, 6.45) is -0.615. The van der Waals surface area contributed by atoms with Gasteiger partial charge in [0.05, 0.1) is 23.3 Å². The normalized spacial score (nSPS) is 23.8. The summed E-state index contributed by atoms with van der Waals surface area (Å²) in [5, 5.41) is 13.0. The van der Waals surface area contributed by atoms with E-state index in [1.165, 1.54) is 4.68 Å². The number of carbonyl (C=O) groups is 1. The SMILES string of the molecule is Cc1nn(C2CCC(C(=O)O)CC2)c(C(F)F)c1N. The molecule has 1 aromatic heterocycles. The molecule has 0 amide bonds. The molecule has 0 aromatic carbocycles. The van der Waals surface area contributed by atoms with Gasteiger partial charge in [-0.15, -0.1) is 0 Å². The van der Waals surface area contributed by atoms with Crippen molar-refractivity contribution in [3.05, 3.63) is 11.4 Å². The molecule has 0 radical (unpaired) electrons. The minimum Gasteiger partial charge on any atom is -0.481 e. The molecular formula is C12H17F2N3O2. The average Bonchev–Trinajstić information content (AvgIpc) is 2.66. The van der Waals surface area contributed by atoms with Crippen molar-refractivity contribution >= 4 is 11.7 Å². The van der Waals surface area contributed by atoms with E-state index in [-0.39, 0.29) is 23.3 Å². The number of carboxylic acids is 1. The number of nitrogen functional groups attached to an aromatic ring is 1. The summed E-state index contributed by atoms with van der Waals surface area (Å²) in [4.78, 5) is 10.9. The molecule has 0 bridgehead atoms. The van der Waals surface area contributed by atoms with E-state index >= 15 is 0 Å². The molecule has 0 aliphatic heterocycles. The predicted octanol–water partition coefficient (Wildman–Crippen LogP) is 2.53. The second-order valence-corrected chi connectivity index (χ2v) is 4.97. The Morgan fingerprint density at radius 2 is 2.00 bits per heavy atom. The lowest BCUT2D eigenvalue weighted by atomic mass is 9.86. The standard InChI is InChI=1S/C12H17F2N3O2/c1-6-9(15)10(11(13)14)17(16-6)8-4-2-7(3-5-8)12(18)19/h7-8,11H,2-5,15H2,1H3,(H,18,19). The summed E-state index contributed by atoms with van der Waals surface area (Å²) in [6, 6.07) is -0.185. The van der Waals surface area contributed by atoms with Crippen molar-refractivity contribution in [2.45, 2.75) is 45.1 Å². The van der Waals surface area contributed by atoms with Gasteiger partial charge >= 0.3 is 5.97 Å². The Hall–Kier alpha value is -1.66. The highest BCUT2D eigenvalue weighted by atomic mass is 19.3. The molecule has 0 unspecified atom stereocenters. The molecule has 7 heteroatoms. The first kappa shape index (κ1) is 13.8. The largest absolute Gasteiger partial charge is 0.481 e. The highest BCUT2D eigenvalue weighted by molar-refractivity contribution is 5.70. The highest BCUT2D eigenvalue weighted by Gasteiger charge is 2.31. The second kappa shape index (κ2) is 5.14. The molecule has 1 aliphatic rings. The van der Waals surface area contributed by atoms with Crippen molar-refractivity contribution in [2.24, 2.45) is 5.92 Å². The van der Waals surface area contributed by atoms with Gasteiger partial charge in [-0.1, -0.05) is 0 Å². The van der Waals surface area contributed by atoms with E-state index in [9.17, 15) is 13.6 Å². The number of rotatable bonds is 3. The van der Waals surface area contributed by atoms with Gasteiger partial charge in [-0.3, -0.25) is 9.48 Å². The van der Waals surface area contributed by atoms with Gasteiger partial charge in [0.15, 0.2) is 0 Å². The van der Waals surface area contributed by atoms with Crippen molar-refractivity contribution in [3.63, 3.8) is 0 Å². The smallest absolute Gasteiger partial charge is 0.306 e. The topological polar surface area (TPSA) is 81.1 Å². The lowest BCUT2D eigenvalue weighted by Crippen LogP contribution is -2.25. The first-order chi connectivity index (χ1) is 8.91. The lowest BCUT2D eigenvalue weighted by molar-refractivity contribution is -0.143. The maximum absolute atomic E-state index is 13.0. The Balaban J connectivity index is 2.20. The number of halogens is 2. The van der Waals surface area contributed by atoms with Crippen LogP contribution < -0.4 is 5.73 Å². The summed E-state index contributed by atoms with van der Waals surface area (Å²) in [6.45, 7) is 1.60. The number of hydrogen-bond acceptors (Lipinski definition) is 3. The van der Waals surface area contributed by atoms with Crippen LogP contribution in [0, 0.1) is 12.8 Å². The van der Waals surface area contributed by atoms with Gasteiger partial charge in [0.2, 0.25) is 0 Å². The Kier molecular flexibility index (Phi) is 3.73. The van der Waals surface area contributed by atoms with Gasteiger partial charge in [0, 0.05) is 0 Å². The van der Waals surface area contributed by atoms with Crippen LogP contribution in [0.25, 0.3) is 0 Å². The van der Waals surface area contributed by atoms with Crippen LogP contribution in [0.5, 0.6) is 0 Å². The van der Waals surface area contributed by atoms with E-state index in [1.807, 2.05) is 0 Å². The fourth-order valence-corrected chi connectivity index (χ4v) is 2.64. The molecule has 1 heterocycles. The average molecular weight is 273 g/mol. The minimum absolute atomic E-state index is 0.0374. The highest BCUT2D eigenvalue weighted by Crippen LogP contribution is 2.37. The third kappa shape index (κ3) is 2.54. The Bertz CT molecular complexity index is 480. The Morgan fingerprint density at radius 1 is 1.42 bits per heavy atom. The molecule has 5 nitrogen and oxygen atoms in total. The van der Waals surface area contributed by atoms with Crippen LogP contribution in [-0.2, 0) is 4.79 Å². The number of alkyl halides is 2. The predicted molar refractivity (Wildman–Crippen MR) is 65.0 cm³/mol. The molecule has 106 valence electrons. The summed E-state index contributed by atoms with van der Waals surface area (Å²) < 4.78 is 27.4. The van der Waals surface area contributed by atoms with Crippen molar-refractivity contribution in [1.82, 2.24) is 9.78 Å². The van der Waals surface area contributed by atoms with Gasteiger partial charge in [-0.05, 0) is 32.6 Å². The maximum Gasteiger partial charge on any atom is 0.306 e. The number of carboxylic acid groups (broad SMARTS) is 1. The summed E-state index contributed by atoms with van der Waals surface area (Å²) in [5.74, 6) is -1.19. The Labute approximate surface area is 109 Å². The maximum atomic E-state index is 13.0. The minimum atomic E-state index is -2.67. The van der Waals surface area contributed by atoms with Crippen LogP contribution in [0.1, 0.15) is 49.5 Å². The second-order valence-electron chi connectivity index (χ2n) is 4.97. The van der Waals surface area contributed by atoms with Crippen molar-refractivity contribution in [1.29, 1.82) is 0 Å². The molecule has 2 rings (SSSR count). The molecule has 0 spiro atoms. The molecule has 1 aromatic rings. The van der Waals surface area contributed by atoms with Gasteiger partial charge in [-0.2, -0.15) is 5.10 Å². The van der Waals surface area contributed by atoms with Crippen molar-refractivity contribution < 1.29 is 18.7 Å². The molecule has 0 saturated heterocycles. The molecule has 19 heavy (non-hydrogen) atoms. The van der Waals surface area contributed by atoms with Crippen LogP contribution in [-0.4, -0.2) is 20.9 Å². The van der Waals surface area contributed by atoms with Crippen LogP contribution in [0.3, 0.4) is 0 Å². The molecule has 1 saturated carbocycles. The molecule has 1 aliphatic carbocycles. The van der Waals surface area contributed by atoms with Crippen LogP contribution in [0.15, 0.2) is 0 Å². The van der Waals surface area contributed by atoms with E-state index in [2.05, 4.69) is 5.10 Å². The van der Waals surface area contributed by atoms with E-state index in [0.717, 1.165) is 0 Å². The van der Waals surface area contributed by atoms with E-state index in [0.29, 0.717) is 31.4 Å². The van der Waals surface area contributed by atoms with Crippen molar-refractivity contribution in [2.75, 3.05) is 5.73 Å². The zero-order valence-electron chi connectivity index (χ0n) is 10.6. The van der Waals surface area contributed by atoms with Gasteiger partial charge < -0.3 is 10.8 Å². The lowest BCUT2D eigenvalue weighted by Gasteiger charge is -2.27. The van der Waals surface area contributed by atoms with Crippen LogP contribution >= 0.6 is 0 Å². The number of aliphatic carboxylic acids is 1. The summed E-state index contributed by atoms with van der Waals surface area (Å²) >= 11 is 0. The van der Waals surface area contributed by atoms with Crippen molar-refractivity contribution in [3.8, 4) is 0 Å². The first-order valence-corrected chi connectivity index (χ1v) is 6.27. The quantitative estimate of drug-likeness (QED) is 0.886. The fraction of sp³-hybridized carbons (Fsp3) is 0.667. The fourth-order valence-electron chi connectivity index (χ4n) is 2.64. The molecule has 0 atom stereocenters. The first-order valence-electron chi connectivity index (χ1n) is 6.27. The van der Waals surface area contributed by atoms with Crippen LogP contribution in [0.4, 0.5) is 14.5 Å². The van der Waals surface area contributed by atoms with Gasteiger partial charge in [-0.25, -0.2) is 8.78 Å². The van der Waals surface area contributed by atoms with E-state index in [4.69, 9.17) is 10.8 Å². The third-order valence-corrected chi connectivity index (χ3v) is 3.77. The number of aromatic nitrogens is 2. The van der Waals surface area contributed by atoms with Crippen LogP contribution in [0.2, 0.25) is 0 Å². The van der Waals surface area contributed by atoms with E-state index in [1.54, 1.807) is 6.92 Å². The number of nitrogens with two attached hydrogens (primary N) is 1. The number of anilines is 1.